The molecule has 4 N–H and O–H groups in total. The normalized spacial score (nSPS) is 19.3. The predicted octanol–water partition coefficient (Wildman–Crippen LogP) is 7.85. The zero-order chi connectivity index (χ0) is 32.4. The zero-order valence-corrected chi connectivity index (χ0v) is 27.0. The fourth-order valence-electron chi connectivity index (χ4n) is 7.04. The lowest BCUT2D eigenvalue weighted by Gasteiger charge is -2.36. The highest BCUT2D eigenvalue weighted by Gasteiger charge is 2.45. The van der Waals surface area contributed by atoms with E-state index in [1.165, 1.54) is 5.57 Å². The molecule has 0 spiro atoms. The molecule has 2 unspecified atom stereocenters. The van der Waals surface area contributed by atoms with Gasteiger partial charge in [0.1, 0.15) is 0 Å². The molecule has 8 nitrogen and oxygen atoms in total. The van der Waals surface area contributed by atoms with Crippen molar-refractivity contribution in [2.45, 2.75) is 79.6 Å². The fraction of sp³-hybridized carbons (Fsp3) is 0.351. The fourth-order valence-corrected chi connectivity index (χ4v) is 7.04. The first kappa shape index (κ1) is 30.3. The van der Waals surface area contributed by atoms with Gasteiger partial charge in [0.25, 0.3) is 0 Å². The van der Waals surface area contributed by atoms with Gasteiger partial charge in [0, 0.05) is 40.3 Å². The number of hydrogen-bond donors (Lipinski definition) is 4. The minimum absolute atomic E-state index is 0.00183. The standard InChI is InChI=1S/C37H40N4O4/c1-18-8-11-26-33-15-29-22(5)25(10-13-36(44)45)32(40-29)16-31-24(9-12-35(42)43)21(4)28(39-31)14-27-19(2)20(3)30(38-27)17-34(41-33)37(26,7)23(18)6/h8,11,14-17,23,39-40H,9-10,12-13H2,1-7H3,(H,42,43)(H,44,45). The number of rotatable bonds is 6. The van der Waals surface area contributed by atoms with Crippen molar-refractivity contribution in [3.05, 3.63) is 87.0 Å². The highest BCUT2D eigenvalue weighted by atomic mass is 16.4. The third-order valence-corrected chi connectivity index (χ3v) is 10.4. The van der Waals surface area contributed by atoms with E-state index in [-0.39, 0.29) is 24.2 Å². The number of aromatic nitrogens is 4. The summed E-state index contributed by atoms with van der Waals surface area (Å²) in [4.78, 5) is 40.8. The lowest BCUT2D eigenvalue weighted by atomic mass is 9.65. The monoisotopic (exact) mass is 604 g/mol. The molecule has 2 aliphatic heterocycles. The van der Waals surface area contributed by atoms with Gasteiger partial charge in [-0.3, -0.25) is 14.6 Å². The van der Waals surface area contributed by atoms with E-state index in [2.05, 4.69) is 68.9 Å². The number of aryl methyl sites for hydroxylation is 4. The van der Waals surface area contributed by atoms with Crippen LogP contribution in [0.5, 0.6) is 0 Å². The van der Waals surface area contributed by atoms with E-state index >= 15 is 0 Å². The van der Waals surface area contributed by atoms with Gasteiger partial charge in [0.2, 0.25) is 0 Å². The molecule has 8 heteroatoms. The summed E-state index contributed by atoms with van der Waals surface area (Å²) in [6, 6.07) is 8.27. The van der Waals surface area contributed by atoms with Crippen LogP contribution in [0.4, 0.5) is 0 Å². The summed E-state index contributed by atoms with van der Waals surface area (Å²) in [5.41, 5.74) is 15.0. The van der Waals surface area contributed by atoms with Crippen molar-refractivity contribution in [3.63, 3.8) is 0 Å². The number of nitrogens with one attached hydrogen (secondary N) is 2. The Morgan fingerprint density at radius 2 is 1.24 bits per heavy atom. The highest BCUT2D eigenvalue weighted by Crippen LogP contribution is 2.51. The molecule has 5 heterocycles. The minimum Gasteiger partial charge on any atom is -0.481 e. The molecule has 8 bridgehead atoms. The Hall–Kier alpha value is -4.72. The van der Waals surface area contributed by atoms with Crippen molar-refractivity contribution < 1.29 is 19.8 Å². The third-order valence-electron chi connectivity index (χ3n) is 10.4. The summed E-state index contributed by atoms with van der Waals surface area (Å²) < 4.78 is 0. The molecule has 6 rings (SSSR count). The number of aliphatic carboxylic acids is 2. The summed E-state index contributed by atoms with van der Waals surface area (Å²) in [7, 11) is 0. The molecule has 0 radical (unpaired) electrons. The lowest BCUT2D eigenvalue weighted by molar-refractivity contribution is -0.138. The van der Waals surface area contributed by atoms with Crippen LogP contribution in [0.2, 0.25) is 0 Å². The van der Waals surface area contributed by atoms with Gasteiger partial charge in [-0.2, -0.15) is 0 Å². The highest BCUT2D eigenvalue weighted by molar-refractivity contribution is 5.92. The van der Waals surface area contributed by atoms with Gasteiger partial charge in [0.05, 0.1) is 22.8 Å². The summed E-state index contributed by atoms with van der Waals surface area (Å²) in [6.07, 6.45) is 5.08. The average molecular weight is 605 g/mol. The van der Waals surface area contributed by atoms with Gasteiger partial charge < -0.3 is 20.2 Å². The van der Waals surface area contributed by atoms with E-state index in [1.807, 2.05) is 26.0 Å². The molecule has 0 saturated carbocycles. The number of H-pyrrole nitrogens is 2. The largest absolute Gasteiger partial charge is 0.481 e. The molecule has 0 amide bonds. The number of hydrogen-bond acceptors (Lipinski definition) is 4. The maximum atomic E-state index is 11.7. The van der Waals surface area contributed by atoms with E-state index in [0.717, 1.165) is 83.8 Å². The molecule has 232 valence electrons. The zero-order valence-electron chi connectivity index (χ0n) is 27.0. The van der Waals surface area contributed by atoms with Crippen LogP contribution in [-0.4, -0.2) is 42.1 Å². The average Bonchev–Trinajstić information content (AvgIpc) is 3.62. The van der Waals surface area contributed by atoms with Gasteiger partial charge >= 0.3 is 11.9 Å². The predicted molar refractivity (Wildman–Crippen MR) is 179 cm³/mol. The molecule has 1 aliphatic carbocycles. The quantitative estimate of drug-likeness (QED) is 0.227. The molecule has 0 aromatic carbocycles. The second-order valence-corrected chi connectivity index (χ2v) is 12.9. The molecule has 45 heavy (non-hydrogen) atoms. The van der Waals surface area contributed by atoms with Crippen LogP contribution in [0.25, 0.3) is 38.8 Å². The molecule has 3 aromatic heterocycles. The Bertz CT molecular complexity index is 2060. The number of carboxylic acids is 2. The van der Waals surface area contributed by atoms with E-state index in [1.54, 1.807) is 0 Å². The Morgan fingerprint density at radius 1 is 0.733 bits per heavy atom. The molecular formula is C37H40N4O4. The van der Waals surface area contributed by atoms with Crippen LogP contribution < -0.4 is 0 Å². The van der Waals surface area contributed by atoms with E-state index in [4.69, 9.17) is 9.97 Å². The summed E-state index contributed by atoms with van der Waals surface area (Å²) >= 11 is 0. The van der Waals surface area contributed by atoms with Crippen molar-refractivity contribution in [3.8, 4) is 0 Å². The number of fused-ring (bicyclic) bond motifs is 11. The number of carboxylic acid groups (broad SMARTS) is 2. The van der Waals surface area contributed by atoms with Crippen molar-refractivity contribution in [2.24, 2.45) is 5.92 Å². The maximum absolute atomic E-state index is 11.7. The van der Waals surface area contributed by atoms with Crippen LogP contribution in [0.3, 0.4) is 0 Å². The smallest absolute Gasteiger partial charge is 0.303 e. The summed E-state index contributed by atoms with van der Waals surface area (Å²) in [5.74, 6) is -1.49. The number of nitrogens with zero attached hydrogens (tertiary/aromatic N) is 2. The first-order chi connectivity index (χ1) is 21.3. The molecular weight excluding hydrogens is 564 g/mol. The van der Waals surface area contributed by atoms with Crippen LogP contribution in [-0.2, 0) is 27.8 Å². The van der Waals surface area contributed by atoms with Crippen LogP contribution in [0.1, 0.15) is 92.5 Å². The Kier molecular flexibility index (Phi) is 7.42. The van der Waals surface area contributed by atoms with Crippen LogP contribution >= 0.6 is 0 Å². The summed E-state index contributed by atoms with van der Waals surface area (Å²) in [6.45, 7) is 14.9. The topological polar surface area (TPSA) is 132 Å². The Morgan fingerprint density at radius 3 is 1.78 bits per heavy atom. The lowest BCUT2D eigenvalue weighted by Crippen LogP contribution is -2.31. The number of carbonyl (C=O) groups is 2. The summed E-state index contributed by atoms with van der Waals surface area (Å²) in [5, 5.41) is 19.1. The van der Waals surface area contributed by atoms with Gasteiger partial charge in [-0.15, -0.1) is 0 Å². The molecule has 0 saturated heterocycles. The van der Waals surface area contributed by atoms with Crippen molar-refractivity contribution in [1.29, 1.82) is 0 Å². The SMILES string of the molecule is CC1=CC=C2c3cc4[nH]c(cc5[nH]c(cc6nc(cc(n3)C2(C)C1C)C(C)=C6C)c(C)c5CCC(=O)O)c(CCC(=O)O)c4C. The van der Waals surface area contributed by atoms with Crippen molar-refractivity contribution in [2.75, 3.05) is 0 Å². The van der Waals surface area contributed by atoms with E-state index < -0.39 is 11.9 Å². The Balaban J connectivity index is 1.76. The first-order valence-electron chi connectivity index (χ1n) is 15.5. The number of aromatic amines is 2. The Labute approximate surface area is 262 Å². The van der Waals surface area contributed by atoms with Crippen molar-refractivity contribution >= 4 is 50.7 Å². The van der Waals surface area contributed by atoms with Gasteiger partial charge in [0.15, 0.2) is 0 Å². The van der Waals surface area contributed by atoms with Crippen molar-refractivity contribution in [1.82, 2.24) is 19.9 Å². The van der Waals surface area contributed by atoms with Gasteiger partial charge in [-0.1, -0.05) is 24.6 Å². The third kappa shape index (κ3) is 5.02. The molecule has 2 atom stereocenters. The van der Waals surface area contributed by atoms with E-state index in [0.29, 0.717) is 12.8 Å². The number of allylic oxidation sites excluding steroid dienone is 6. The molecule has 3 aromatic rings. The molecule has 0 fully saturated rings. The second kappa shape index (κ2) is 11.0. The van der Waals surface area contributed by atoms with E-state index in [9.17, 15) is 19.8 Å². The van der Waals surface area contributed by atoms with Gasteiger partial charge in [-0.05, 0) is 124 Å². The maximum Gasteiger partial charge on any atom is 0.303 e. The van der Waals surface area contributed by atoms with Crippen LogP contribution in [0, 0.1) is 19.8 Å². The van der Waals surface area contributed by atoms with Crippen LogP contribution in [0.15, 0.2) is 42.0 Å². The molecule has 3 aliphatic rings. The second-order valence-electron chi connectivity index (χ2n) is 12.9. The van der Waals surface area contributed by atoms with Gasteiger partial charge in [-0.25, -0.2) is 4.98 Å². The first-order valence-corrected chi connectivity index (χ1v) is 15.5. The minimum atomic E-state index is -0.860.